The first-order chi connectivity index (χ1) is 40.5. The molecule has 0 radical (unpaired) electrons. The molecule has 1 unspecified atom stereocenters. The first-order valence-electron chi connectivity index (χ1n) is 33.5. The Kier molecular flexibility index (Phi) is 64.4. The normalized spacial score (nSPS) is 13.2. The van der Waals surface area contributed by atoms with Gasteiger partial charge in [-0.2, -0.15) is 0 Å². The quantitative estimate of drug-likeness (QED) is 0.0261. The number of ether oxygens (including phenoxy) is 3. The molecule has 0 aromatic carbocycles. The lowest BCUT2D eigenvalue weighted by molar-refractivity contribution is -0.167. The Balaban J connectivity index is 4.39. The molecule has 0 bridgehead atoms. The van der Waals surface area contributed by atoms with Crippen LogP contribution in [0.4, 0.5) is 0 Å². The molecule has 0 N–H and O–H groups in total. The largest absolute Gasteiger partial charge is 0.462 e. The van der Waals surface area contributed by atoms with Crippen molar-refractivity contribution in [2.45, 2.75) is 290 Å². The molecule has 0 saturated carbocycles. The van der Waals surface area contributed by atoms with E-state index in [2.05, 4.69) is 179 Å². The second kappa shape index (κ2) is 68.5. The molecule has 0 spiro atoms. The van der Waals surface area contributed by atoms with Gasteiger partial charge in [0.05, 0.1) is 0 Å². The summed E-state index contributed by atoms with van der Waals surface area (Å²) in [6.07, 6.45) is 99.6. The Morgan fingerprint density at radius 1 is 0.256 bits per heavy atom. The second-order valence-corrected chi connectivity index (χ2v) is 21.6. The number of carbonyl (C=O) groups is 3. The summed E-state index contributed by atoms with van der Waals surface area (Å²) in [7, 11) is 0. The summed E-state index contributed by atoms with van der Waals surface area (Å²) in [6, 6.07) is 0. The van der Waals surface area contributed by atoms with Crippen molar-refractivity contribution in [3.05, 3.63) is 158 Å². The molecule has 0 aromatic heterocycles. The van der Waals surface area contributed by atoms with Crippen LogP contribution in [0.2, 0.25) is 0 Å². The fourth-order valence-electron chi connectivity index (χ4n) is 8.80. The molecule has 6 nitrogen and oxygen atoms in total. The number of unbranched alkanes of at least 4 members (excludes halogenated alkanes) is 22. The van der Waals surface area contributed by atoms with Crippen LogP contribution >= 0.6 is 0 Å². The fraction of sp³-hybridized carbons (Fsp3) is 0.618. The average Bonchev–Trinajstić information content (AvgIpc) is 3.47. The number of esters is 3. The maximum Gasteiger partial charge on any atom is 0.306 e. The number of hydrogen-bond donors (Lipinski definition) is 0. The van der Waals surface area contributed by atoms with Gasteiger partial charge in [-0.3, -0.25) is 14.4 Å². The molecule has 1 atom stereocenters. The van der Waals surface area contributed by atoms with Crippen molar-refractivity contribution in [3.63, 3.8) is 0 Å². The van der Waals surface area contributed by atoms with Gasteiger partial charge < -0.3 is 14.2 Å². The van der Waals surface area contributed by atoms with Gasteiger partial charge in [-0.15, -0.1) is 0 Å². The predicted molar refractivity (Wildman–Crippen MR) is 357 cm³/mol. The highest BCUT2D eigenvalue weighted by atomic mass is 16.6. The van der Waals surface area contributed by atoms with E-state index in [4.69, 9.17) is 14.2 Å². The van der Waals surface area contributed by atoms with Crippen molar-refractivity contribution >= 4 is 17.9 Å². The van der Waals surface area contributed by atoms with Crippen LogP contribution < -0.4 is 0 Å². The molecule has 82 heavy (non-hydrogen) atoms. The maximum absolute atomic E-state index is 12.9. The molecule has 0 aliphatic heterocycles. The summed E-state index contributed by atoms with van der Waals surface area (Å²) in [5, 5.41) is 0. The lowest BCUT2D eigenvalue weighted by Gasteiger charge is -2.18. The molecular formula is C76H122O6. The Morgan fingerprint density at radius 2 is 0.476 bits per heavy atom. The summed E-state index contributed by atoms with van der Waals surface area (Å²) in [5.41, 5.74) is 0. The zero-order valence-electron chi connectivity index (χ0n) is 52.9. The standard InChI is InChI=1S/C76H122O6/c1-4-7-10-13-16-19-22-25-27-29-31-33-35-37-38-40-41-43-45-47-49-51-54-57-60-63-66-69-75(78)81-72-73(71-80-74(77)68-65-62-59-56-53-24-21-18-15-12-9-6-3)82-76(79)70-67-64-61-58-55-52-50-48-46-44-42-39-36-34-32-30-28-26-23-20-17-14-11-8-5-2/h7-8,10-11,16-21,25-28,31-34,37-39,41-43,46,48,73H,4-6,9,12-15,22-24,29-30,35-36,40,44-45,47,49-72H2,1-3H3/b10-7-,11-8-,19-16-,20-17-,21-18-,27-25-,28-26-,33-31-,34-32-,38-37-,42-39-,43-41-,48-46-. The summed E-state index contributed by atoms with van der Waals surface area (Å²) in [6.45, 7) is 6.36. The van der Waals surface area contributed by atoms with Crippen LogP contribution in [0.3, 0.4) is 0 Å². The Morgan fingerprint density at radius 3 is 0.756 bits per heavy atom. The van der Waals surface area contributed by atoms with Crippen LogP contribution in [0.25, 0.3) is 0 Å². The van der Waals surface area contributed by atoms with E-state index in [9.17, 15) is 14.4 Å². The lowest BCUT2D eigenvalue weighted by atomic mass is 10.1. The van der Waals surface area contributed by atoms with Gasteiger partial charge in [0, 0.05) is 19.3 Å². The van der Waals surface area contributed by atoms with E-state index in [1.165, 1.54) is 77.0 Å². The van der Waals surface area contributed by atoms with Crippen LogP contribution in [0.1, 0.15) is 284 Å². The topological polar surface area (TPSA) is 78.9 Å². The van der Waals surface area contributed by atoms with Gasteiger partial charge in [0.1, 0.15) is 13.2 Å². The monoisotopic (exact) mass is 1130 g/mol. The van der Waals surface area contributed by atoms with E-state index in [0.29, 0.717) is 19.3 Å². The second-order valence-electron chi connectivity index (χ2n) is 21.6. The summed E-state index contributed by atoms with van der Waals surface area (Å²) < 4.78 is 16.9. The summed E-state index contributed by atoms with van der Waals surface area (Å²) in [4.78, 5) is 38.4. The van der Waals surface area contributed by atoms with Gasteiger partial charge >= 0.3 is 17.9 Å². The first kappa shape index (κ1) is 77.0. The lowest BCUT2D eigenvalue weighted by Crippen LogP contribution is -2.30. The minimum absolute atomic E-state index is 0.0966. The number of rotatable bonds is 59. The Bertz CT molecular complexity index is 1830. The summed E-state index contributed by atoms with van der Waals surface area (Å²) >= 11 is 0. The molecule has 462 valence electrons. The van der Waals surface area contributed by atoms with Crippen molar-refractivity contribution < 1.29 is 28.6 Å². The van der Waals surface area contributed by atoms with Gasteiger partial charge in [-0.05, 0) is 148 Å². The van der Waals surface area contributed by atoms with Crippen molar-refractivity contribution in [1.29, 1.82) is 0 Å². The van der Waals surface area contributed by atoms with Crippen molar-refractivity contribution in [3.8, 4) is 0 Å². The molecule has 0 aliphatic rings. The molecule has 0 rings (SSSR count). The molecule has 0 heterocycles. The zero-order valence-corrected chi connectivity index (χ0v) is 52.9. The van der Waals surface area contributed by atoms with E-state index in [1.54, 1.807) is 0 Å². The minimum Gasteiger partial charge on any atom is -0.462 e. The molecule has 6 heteroatoms. The van der Waals surface area contributed by atoms with Crippen molar-refractivity contribution in [2.24, 2.45) is 0 Å². The van der Waals surface area contributed by atoms with Gasteiger partial charge in [-0.25, -0.2) is 0 Å². The third-order valence-electron chi connectivity index (χ3n) is 13.7. The van der Waals surface area contributed by atoms with Crippen LogP contribution in [0, 0.1) is 0 Å². The van der Waals surface area contributed by atoms with Crippen LogP contribution in [-0.2, 0) is 28.6 Å². The van der Waals surface area contributed by atoms with Crippen LogP contribution in [0.5, 0.6) is 0 Å². The predicted octanol–water partition coefficient (Wildman–Crippen LogP) is 23.3. The Hall–Kier alpha value is -4.97. The molecule has 0 fully saturated rings. The van der Waals surface area contributed by atoms with Gasteiger partial charge in [0.15, 0.2) is 6.10 Å². The average molecular weight is 1130 g/mol. The number of carbonyl (C=O) groups excluding carboxylic acids is 3. The third kappa shape index (κ3) is 65.8. The fourth-order valence-corrected chi connectivity index (χ4v) is 8.80. The molecule has 0 saturated heterocycles. The SMILES string of the molecule is CC/C=C\C/C=C\C/C=C\C/C=C\C/C=C\C/C=C\CCCCCCCCCCC(=O)OCC(COC(=O)CCCCCCC/C=C\CCCCC)OC(=O)CCCCCCCC/C=C\C/C=C\C/C=C\C/C=C\C/C=C\C/C=C\CC. The molecule has 0 aromatic rings. The van der Waals surface area contributed by atoms with E-state index in [-0.39, 0.29) is 31.1 Å². The number of hydrogen-bond acceptors (Lipinski definition) is 6. The minimum atomic E-state index is -0.802. The molecule has 0 aliphatic carbocycles. The van der Waals surface area contributed by atoms with Gasteiger partial charge in [0.25, 0.3) is 0 Å². The molecule has 0 amide bonds. The van der Waals surface area contributed by atoms with Crippen LogP contribution in [0.15, 0.2) is 158 Å². The Labute approximate surface area is 505 Å². The van der Waals surface area contributed by atoms with E-state index in [0.717, 1.165) is 167 Å². The van der Waals surface area contributed by atoms with E-state index < -0.39 is 6.10 Å². The molecular weight excluding hydrogens is 1010 g/mol. The van der Waals surface area contributed by atoms with Crippen molar-refractivity contribution in [2.75, 3.05) is 13.2 Å². The maximum atomic E-state index is 12.9. The highest BCUT2D eigenvalue weighted by Gasteiger charge is 2.19. The zero-order chi connectivity index (χ0) is 59.2. The summed E-state index contributed by atoms with van der Waals surface area (Å²) in [5.74, 6) is -0.929. The van der Waals surface area contributed by atoms with E-state index in [1.807, 2.05) is 0 Å². The van der Waals surface area contributed by atoms with Crippen molar-refractivity contribution in [1.82, 2.24) is 0 Å². The third-order valence-corrected chi connectivity index (χ3v) is 13.7. The van der Waals surface area contributed by atoms with Gasteiger partial charge in [-0.1, -0.05) is 275 Å². The van der Waals surface area contributed by atoms with Gasteiger partial charge in [0.2, 0.25) is 0 Å². The smallest absolute Gasteiger partial charge is 0.306 e. The van der Waals surface area contributed by atoms with Crippen LogP contribution in [-0.4, -0.2) is 37.2 Å². The van der Waals surface area contributed by atoms with E-state index >= 15 is 0 Å². The first-order valence-corrected chi connectivity index (χ1v) is 33.5. The highest BCUT2D eigenvalue weighted by molar-refractivity contribution is 5.71. The highest BCUT2D eigenvalue weighted by Crippen LogP contribution is 2.15. The number of allylic oxidation sites excluding steroid dienone is 26.